The topological polar surface area (TPSA) is 76.2 Å². The van der Waals surface area contributed by atoms with Crippen molar-refractivity contribution in [1.29, 1.82) is 0 Å². The Bertz CT molecular complexity index is 606. The van der Waals surface area contributed by atoms with Gasteiger partial charge in [-0.15, -0.1) is 10.2 Å². The van der Waals surface area contributed by atoms with E-state index in [4.69, 9.17) is 9.52 Å². The summed E-state index contributed by atoms with van der Waals surface area (Å²) in [6.07, 6.45) is 1.06. The maximum Gasteiger partial charge on any atom is 0.336 e. The number of aromatic carboxylic acids is 1. The standard InChI is InChI=1S/C13H12N2O3/c1-7-6-10(7)12-15-14-11(18-12)8-4-2-3-5-9(8)13(16)17/h2-5,7,10H,6H2,1H3,(H,16,17). The van der Waals surface area contributed by atoms with Crippen LogP contribution in [0.1, 0.15) is 35.5 Å². The van der Waals surface area contributed by atoms with Gasteiger partial charge in [-0.05, 0) is 24.5 Å². The molecule has 2 atom stereocenters. The largest absolute Gasteiger partial charge is 0.478 e. The molecule has 0 bridgehead atoms. The first-order valence-corrected chi connectivity index (χ1v) is 5.83. The number of rotatable bonds is 3. The zero-order valence-corrected chi connectivity index (χ0v) is 9.83. The molecule has 0 radical (unpaired) electrons. The van der Waals surface area contributed by atoms with Crippen molar-refractivity contribution >= 4 is 5.97 Å². The quantitative estimate of drug-likeness (QED) is 0.897. The van der Waals surface area contributed by atoms with Gasteiger partial charge >= 0.3 is 5.97 Å². The third-order valence-electron chi connectivity index (χ3n) is 3.26. The third-order valence-corrected chi connectivity index (χ3v) is 3.26. The lowest BCUT2D eigenvalue weighted by Crippen LogP contribution is -1.99. The Morgan fingerprint density at radius 1 is 1.39 bits per heavy atom. The first-order chi connectivity index (χ1) is 8.66. The van der Waals surface area contributed by atoms with Gasteiger partial charge in [0.1, 0.15) is 0 Å². The smallest absolute Gasteiger partial charge is 0.336 e. The Balaban J connectivity index is 1.99. The molecule has 0 spiro atoms. The van der Waals surface area contributed by atoms with E-state index < -0.39 is 5.97 Å². The summed E-state index contributed by atoms with van der Waals surface area (Å²) in [6, 6.07) is 6.64. The lowest BCUT2D eigenvalue weighted by Gasteiger charge is -1.99. The average Bonchev–Trinajstić information content (AvgIpc) is 2.92. The molecule has 1 aromatic carbocycles. The third kappa shape index (κ3) is 1.77. The number of benzene rings is 1. The van der Waals surface area contributed by atoms with E-state index in [2.05, 4.69) is 17.1 Å². The Morgan fingerprint density at radius 2 is 2.11 bits per heavy atom. The van der Waals surface area contributed by atoms with Crippen LogP contribution in [0.3, 0.4) is 0 Å². The summed E-state index contributed by atoms with van der Waals surface area (Å²) < 4.78 is 5.57. The van der Waals surface area contributed by atoms with E-state index in [0.29, 0.717) is 23.3 Å². The highest BCUT2D eigenvalue weighted by atomic mass is 16.4. The number of hydrogen-bond donors (Lipinski definition) is 1. The van der Waals surface area contributed by atoms with Crippen LogP contribution in [-0.2, 0) is 0 Å². The van der Waals surface area contributed by atoms with Crippen molar-refractivity contribution in [2.45, 2.75) is 19.3 Å². The predicted molar refractivity (Wildman–Crippen MR) is 63.2 cm³/mol. The zero-order chi connectivity index (χ0) is 12.7. The summed E-state index contributed by atoms with van der Waals surface area (Å²) >= 11 is 0. The van der Waals surface area contributed by atoms with Crippen LogP contribution in [0, 0.1) is 5.92 Å². The predicted octanol–water partition coefficient (Wildman–Crippen LogP) is 2.56. The number of carbonyl (C=O) groups is 1. The number of hydrogen-bond acceptors (Lipinski definition) is 4. The van der Waals surface area contributed by atoms with Crippen LogP contribution in [0.25, 0.3) is 11.5 Å². The summed E-state index contributed by atoms with van der Waals surface area (Å²) in [4.78, 5) is 11.1. The second kappa shape index (κ2) is 3.94. The lowest BCUT2D eigenvalue weighted by molar-refractivity contribution is 0.0697. The summed E-state index contributed by atoms with van der Waals surface area (Å²) in [5.41, 5.74) is 0.647. The van der Waals surface area contributed by atoms with Gasteiger partial charge in [-0.1, -0.05) is 19.1 Å². The molecule has 1 heterocycles. The SMILES string of the molecule is CC1CC1c1nnc(-c2ccccc2C(=O)O)o1. The van der Waals surface area contributed by atoms with Gasteiger partial charge in [0.25, 0.3) is 0 Å². The highest BCUT2D eigenvalue weighted by Crippen LogP contribution is 2.46. The minimum Gasteiger partial charge on any atom is -0.478 e. The van der Waals surface area contributed by atoms with Crippen LogP contribution in [0.4, 0.5) is 0 Å². The number of carboxylic acid groups (broad SMARTS) is 1. The van der Waals surface area contributed by atoms with Crippen LogP contribution in [0.5, 0.6) is 0 Å². The molecule has 0 saturated heterocycles. The molecule has 2 aromatic rings. The van der Waals surface area contributed by atoms with Gasteiger partial charge in [0, 0.05) is 5.92 Å². The van der Waals surface area contributed by atoms with Crippen molar-refractivity contribution in [2.24, 2.45) is 5.92 Å². The molecule has 1 aromatic heterocycles. The Labute approximate surface area is 103 Å². The van der Waals surface area contributed by atoms with Crippen LogP contribution < -0.4 is 0 Å². The number of carboxylic acids is 1. The van der Waals surface area contributed by atoms with Gasteiger partial charge in [-0.3, -0.25) is 0 Å². The summed E-state index contributed by atoms with van der Waals surface area (Å²) in [5.74, 6) is 0.807. The van der Waals surface area contributed by atoms with Gasteiger partial charge in [-0.25, -0.2) is 4.79 Å². The van der Waals surface area contributed by atoms with Crippen molar-refractivity contribution in [3.8, 4) is 11.5 Å². The maximum atomic E-state index is 11.1. The van der Waals surface area contributed by atoms with E-state index in [1.165, 1.54) is 6.07 Å². The van der Waals surface area contributed by atoms with E-state index >= 15 is 0 Å². The molecular formula is C13H12N2O3. The second-order valence-corrected chi connectivity index (χ2v) is 4.62. The summed E-state index contributed by atoms with van der Waals surface area (Å²) in [6.45, 7) is 2.12. The van der Waals surface area contributed by atoms with Crippen LogP contribution in [0.15, 0.2) is 28.7 Å². The van der Waals surface area contributed by atoms with Crippen LogP contribution >= 0.6 is 0 Å². The van der Waals surface area contributed by atoms with Gasteiger partial charge < -0.3 is 9.52 Å². The van der Waals surface area contributed by atoms with Gasteiger partial charge in [0.05, 0.1) is 11.1 Å². The van der Waals surface area contributed by atoms with Gasteiger partial charge in [0.2, 0.25) is 11.8 Å². The maximum absolute atomic E-state index is 11.1. The van der Waals surface area contributed by atoms with Crippen molar-refractivity contribution in [3.05, 3.63) is 35.7 Å². The van der Waals surface area contributed by atoms with Crippen molar-refractivity contribution in [2.75, 3.05) is 0 Å². The number of nitrogens with zero attached hydrogens (tertiary/aromatic N) is 2. The molecular weight excluding hydrogens is 232 g/mol. The average molecular weight is 244 g/mol. The van der Waals surface area contributed by atoms with E-state index in [-0.39, 0.29) is 11.5 Å². The lowest BCUT2D eigenvalue weighted by atomic mass is 10.1. The van der Waals surface area contributed by atoms with E-state index in [1.807, 2.05) is 0 Å². The summed E-state index contributed by atoms with van der Waals surface area (Å²) in [7, 11) is 0. The highest BCUT2D eigenvalue weighted by molar-refractivity contribution is 5.94. The molecule has 1 N–H and O–H groups in total. The molecule has 2 unspecified atom stereocenters. The minimum absolute atomic E-state index is 0.177. The van der Waals surface area contributed by atoms with Gasteiger partial charge in [0.15, 0.2) is 0 Å². The molecule has 1 aliphatic carbocycles. The van der Waals surface area contributed by atoms with E-state index in [9.17, 15) is 4.79 Å². The highest BCUT2D eigenvalue weighted by Gasteiger charge is 2.38. The van der Waals surface area contributed by atoms with Gasteiger partial charge in [-0.2, -0.15) is 0 Å². The monoisotopic (exact) mass is 244 g/mol. The first kappa shape index (κ1) is 11.0. The molecule has 3 rings (SSSR count). The first-order valence-electron chi connectivity index (χ1n) is 5.83. The molecule has 1 aliphatic rings. The van der Waals surface area contributed by atoms with Crippen LogP contribution in [-0.4, -0.2) is 21.3 Å². The molecule has 1 saturated carbocycles. The molecule has 18 heavy (non-hydrogen) atoms. The van der Waals surface area contributed by atoms with Crippen molar-refractivity contribution in [1.82, 2.24) is 10.2 Å². The Morgan fingerprint density at radius 3 is 2.78 bits per heavy atom. The van der Waals surface area contributed by atoms with Crippen LogP contribution in [0.2, 0.25) is 0 Å². The van der Waals surface area contributed by atoms with Crippen molar-refractivity contribution in [3.63, 3.8) is 0 Å². The fraction of sp³-hybridized carbons (Fsp3) is 0.308. The molecule has 0 amide bonds. The molecule has 5 heteroatoms. The Kier molecular flexibility index (Phi) is 2.40. The Hall–Kier alpha value is -2.17. The second-order valence-electron chi connectivity index (χ2n) is 4.62. The normalized spacial score (nSPS) is 21.8. The number of aromatic nitrogens is 2. The molecule has 5 nitrogen and oxygen atoms in total. The fourth-order valence-electron chi connectivity index (χ4n) is 2.02. The fourth-order valence-corrected chi connectivity index (χ4v) is 2.02. The molecule has 92 valence electrons. The summed E-state index contributed by atoms with van der Waals surface area (Å²) in [5, 5.41) is 17.0. The van der Waals surface area contributed by atoms with E-state index in [0.717, 1.165) is 6.42 Å². The minimum atomic E-state index is -0.995. The zero-order valence-electron chi connectivity index (χ0n) is 9.83. The van der Waals surface area contributed by atoms with E-state index in [1.54, 1.807) is 18.2 Å². The molecule has 0 aliphatic heterocycles. The van der Waals surface area contributed by atoms with Crippen molar-refractivity contribution < 1.29 is 14.3 Å². The molecule has 1 fully saturated rings.